The van der Waals surface area contributed by atoms with Gasteiger partial charge in [0.1, 0.15) is 10.7 Å². The second kappa shape index (κ2) is 7.33. The maximum absolute atomic E-state index is 10.5. The van der Waals surface area contributed by atoms with Crippen molar-refractivity contribution in [2.75, 3.05) is 19.6 Å². The van der Waals surface area contributed by atoms with Crippen molar-refractivity contribution in [1.82, 2.24) is 0 Å². The van der Waals surface area contributed by atoms with E-state index in [9.17, 15) is 10.1 Å². The summed E-state index contributed by atoms with van der Waals surface area (Å²) in [7, 11) is 0. The number of hydrogen-bond donors (Lipinski definition) is 0. The number of hydrogen-bond acceptors (Lipinski definition) is 3. The predicted molar refractivity (Wildman–Crippen MR) is 66.3 cm³/mol. The van der Waals surface area contributed by atoms with Crippen molar-refractivity contribution in [2.24, 2.45) is 0 Å². The van der Waals surface area contributed by atoms with Gasteiger partial charge in [0.2, 0.25) is 0 Å². The van der Waals surface area contributed by atoms with E-state index in [0.717, 1.165) is 24.1 Å². The number of halogens is 1. The van der Waals surface area contributed by atoms with E-state index < -0.39 is 4.92 Å². The molecule has 102 valence electrons. The number of quaternary nitrogens is 1. The third kappa shape index (κ3) is 3.96. The van der Waals surface area contributed by atoms with Gasteiger partial charge in [-0.3, -0.25) is 14.6 Å². The molecular formula is C12H19BrN2O3. The molecule has 6 heteroatoms. The Balaban J connectivity index is 0.00000289. The van der Waals surface area contributed by atoms with Crippen LogP contribution in [0.1, 0.15) is 26.5 Å². The summed E-state index contributed by atoms with van der Waals surface area (Å²) in [4.78, 5) is 9.94. The van der Waals surface area contributed by atoms with E-state index in [-0.39, 0.29) is 22.9 Å². The van der Waals surface area contributed by atoms with E-state index in [1.807, 2.05) is 12.3 Å². The Morgan fingerprint density at radius 1 is 1.28 bits per heavy atom. The highest BCUT2D eigenvalue weighted by atomic mass is 79.9. The first-order valence-electron chi connectivity index (χ1n) is 5.86. The largest absolute Gasteiger partial charge is 1.00 e. The molecule has 1 aromatic heterocycles. The lowest BCUT2D eigenvalue weighted by atomic mass is 10.3. The second-order valence-electron chi connectivity index (χ2n) is 3.92. The van der Waals surface area contributed by atoms with Crippen molar-refractivity contribution in [2.45, 2.75) is 20.8 Å². The molecule has 0 saturated heterocycles. The fourth-order valence-corrected chi connectivity index (χ4v) is 1.75. The monoisotopic (exact) mass is 318 g/mol. The molecule has 0 unspecified atom stereocenters. The SMILES string of the molecule is CC[N+](/C=C/c1ccc([N+](=O)[O-])o1)(CC)CC.[Br-]. The van der Waals surface area contributed by atoms with Gasteiger partial charge in [0.25, 0.3) is 0 Å². The Bertz CT molecular complexity index is 403. The van der Waals surface area contributed by atoms with Crippen molar-refractivity contribution >= 4 is 12.0 Å². The molecule has 18 heavy (non-hydrogen) atoms. The lowest BCUT2D eigenvalue weighted by Gasteiger charge is -2.31. The van der Waals surface area contributed by atoms with Crippen LogP contribution >= 0.6 is 0 Å². The van der Waals surface area contributed by atoms with Crippen LogP contribution in [-0.2, 0) is 0 Å². The Hall–Kier alpha value is -1.14. The molecule has 1 aromatic rings. The molecule has 0 amide bonds. The van der Waals surface area contributed by atoms with Gasteiger partial charge in [-0.25, -0.2) is 0 Å². The molecule has 0 bridgehead atoms. The normalized spacial score (nSPS) is 11.5. The fraction of sp³-hybridized carbons (Fsp3) is 0.500. The molecule has 0 aliphatic rings. The molecule has 1 heterocycles. The van der Waals surface area contributed by atoms with Crippen LogP contribution in [0.25, 0.3) is 6.08 Å². The van der Waals surface area contributed by atoms with E-state index in [1.165, 1.54) is 6.07 Å². The third-order valence-corrected chi connectivity index (χ3v) is 3.24. The van der Waals surface area contributed by atoms with Crippen molar-refractivity contribution in [1.29, 1.82) is 0 Å². The van der Waals surface area contributed by atoms with Crippen molar-refractivity contribution < 1.29 is 30.8 Å². The molecule has 0 aliphatic carbocycles. The second-order valence-corrected chi connectivity index (χ2v) is 3.92. The third-order valence-electron chi connectivity index (χ3n) is 3.24. The zero-order valence-corrected chi connectivity index (χ0v) is 12.5. The first-order valence-corrected chi connectivity index (χ1v) is 5.86. The molecule has 0 saturated carbocycles. The molecule has 0 spiro atoms. The molecule has 1 rings (SSSR count). The number of nitrogens with zero attached hydrogens (tertiary/aromatic N) is 2. The fourth-order valence-electron chi connectivity index (χ4n) is 1.75. The van der Waals surface area contributed by atoms with E-state index in [4.69, 9.17) is 4.42 Å². The van der Waals surface area contributed by atoms with Crippen LogP contribution in [0.2, 0.25) is 0 Å². The lowest BCUT2D eigenvalue weighted by Crippen LogP contribution is -3.00. The van der Waals surface area contributed by atoms with Gasteiger partial charge >= 0.3 is 5.88 Å². The van der Waals surface area contributed by atoms with Gasteiger partial charge in [-0.05, 0) is 26.8 Å². The van der Waals surface area contributed by atoms with Crippen LogP contribution in [0.4, 0.5) is 5.88 Å². The van der Waals surface area contributed by atoms with Gasteiger partial charge in [-0.1, -0.05) is 0 Å². The molecule has 0 aliphatic heterocycles. The summed E-state index contributed by atoms with van der Waals surface area (Å²) in [5, 5.41) is 10.5. The lowest BCUT2D eigenvalue weighted by molar-refractivity contribution is -0.873. The maximum Gasteiger partial charge on any atom is 0.433 e. The highest BCUT2D eigenvalue weighted by Crippen LogP contribution is 2.18. The van der Waals surface area contributed by atoms with Crippen LogP contribution in [0.3, 0.4) is 0 Å². The van der Waals surface area contributed by atoms with Gasteiger partial charge in [0.05, 0.1) is 31.9 Å². The summed E-state index contributed by atoms with van der Waals surface area (Å²) >= 11 is 0. The van der Waals surface area contributed by atoms with Crippen molar-refractivity contribution in [3.8, 4) is 0 Å². The van der Waals surface area contributed by atoms with Crippen LogP contribution in [0.15, 0.2) is 22.7 Å². The number of furan rings is 1. The average molecular weight is 319 g/mol. The van der Waals surface area contributed by atoms with E-state index >= 15 is 0 Å². The molecule has 0 fully saturated rings. The molecule has 0 radical (unpaired) electrons. The predicted octanol–water partition coefficient (Wildman–Crippen LogP) is 0.0390. The first-order chi connectivity index (χ1) is 8.06. The van der Waals surface area contributed by atoms with Gasteiger partial charge in [0.15, 0.2) is 0 Å². The smallest absolute Gasteiger partial charge is 0.433 e. The van der Waals surface area contributed by atoms with E-state index in [0.29, 0.717) is 5.76 Å². The van der Waals surface area contributed by atoms with Crippen LogP contribution in [0, 0.1) is 10.1 Å². The van der Waals surface area contributed by atoms with E-state index in [1.54, 1.807) is 6.07 Å². The zero-order valence-electron chi connectivity index (χ0n) is 10.9. The molecule has 0 atom stereocenters. The highest BCUT2D eigenvalue weighted by Gasteiger charge is 2.17. The topological polar surface area (TPSA) is 56.3 Å². The molecular weight excluding hydrogens is 300 g/mol. The van der Waals surface area contributed by atoms with Gasteiger partial charge in [-0.2, -0.15) is 0 Å². The van der Waals surface area contributed by atoms with Gasteiger partial charge in [-0.15, -0.1) is 0 Å². The Morgan fingerprint density at radius 3 is 2.22 bits per heavy atom. The summed E-state index contributed by atoms with van der Waals surface area (Å²) in [6.45, 7) is 9.36. The molecule has 0 N–H and O–H groups in total. The minimum absolute atomic E-state index is 0. The van der Waals surface area contributed by atoms with Crippen molar-refractivity contribution in [3.05, 3.63) is 34.2 Å². The van der Waals surface area contributed by atoms with Crippen molar-refractivity contribution in [3.63, 3.8) is 0 Å². The van der Waals surface area contributed by atoms with Gasteiger partial charge < -0.3 is 21.4 Å². The summed E-state index contributed by atoms with van der Waals surface area (Å²) in [5.74, 6) is 0.307. The molecule has 0 aromatic carbocycles. The Morgan fingerprint density at radius 2 is 1.83 bits per heavy atom. The summed E-state index contributed by atoms with van der Waals surface area (Å²) in [6.07, 6.45) is 3.85. The maximum atomic E-state index is 10.5. The number of rotatable bonds is 6. The summed E-state index contributed by atoms with van der Waals surface area (Å²) < 4.78 is 5.92. The minimum atomic E-state index is -0.529. The Labute approximate surface area is 118 Å². The van der Waals surface area contributed by atoms with Crippen LogP contribution in [-0.4, -0.2) is 29.0 Å². The van der Waals surface area contributed by atoms with Crippen LogP contribution < -0.4 is 17.0 Å². The van der Waals surface area contributed by atoms with Gasteiger partial charge in [0, 0.05) is 6.08 Å². The zero-order chi connectivity index (χ0) is 12.9. The van der Waals surface area contributed by atoms with Crippen LogP contribution in [0.5, 0.6) is 0 Å². The quantitative estimate of drug-likeness (QED) is 0.423. The summed E-state index contributed by atoms with van der Waals surface area (Å²) in [6, 6.07) is 2.99. The highest BCUT2D eigenvalue weighted by molar-refractivity contribution is 5.43. The minimum Gasteiger partial charge on any atom is -1.00 e. The summed E-state index contributed by atoms with van der Waals surface area (Å²) in [5.41, 5.74) is 0. The number of nitro groups is 1. The first kappa shape index (κ1) is 16.9. The standard InChI is InChI=1S/C12H19N2O3.BrH/c1-4-14(5-2,6-3)10-9-11-7-8-12(17-11)13(15)16;/h7-10H,4-6H2,1-3H3;1H/q+1;/p-1/b10-9+;. The molecule has 5 nitrogen and oxygen atoms in total. The average Bonchev–Trinajstić information content (AvgIpc) is 2.81. The Kier molecular flexibility index (Phi) is 6.86. The van der Waals surface area contributed by atoms with E-state index in [2.05, 4.69) is 20.8 Å².